The number of benzene rings is 2. The minimum atomic E-state index is -3.52. The lowest BCUT2D eigenvalue weighted by molar-refractivity contribution is 0.0696. The number of hydrogen-bond acceptors (Lipinski definition) is 3. The Morgan fingerprint density at radius 2 is 1.77 bits per heavy atom. The third-order valence-corrected chi connectivity index (χ3v) is 6.34. The summed E-state index contributed by atoms with van der Waals surface area (Å²) in [7, 11) is -3.52. The highest BCUT2D eigenvalue weighted by Gasteiger charge is 2.31. The van der Waals surface area contributed by atoms with Crippen molar-refractivity contribution in [3.63, 3.8) is 0 Å². The number of rotatable bonds is 3. The van der Waals surface area contributed by atoms with E-state index >= 15 is 0 Å². The fourth-order valence-corrected chi connectivity index (χ4v) is 4.70. The first-order valence-electron chi connectivity index (χ1n) is 7.12. The van der Waals surface area contributed by atoms with Gasteiger partial charge in [-0.3, -0.25) is 0 Å². The number of sulfone groups is 1. The van der Waals surface area contributed by atoms with Crippen LogP contribution < -0.4 is 0 Å². The molecule has 0 spiro atoms. The summed E-state index contributed by atoms with van der Waals surface area (Å²) >= 11 is 0. The van der Waals surface area contributed by atoms with Crippen LogP contribution in [0.2, 0.25) is 0 Å². The lowest BCUT2D eigenvalue weighted by Gasteiger charge is -2.24. The van der Waals surface area contributed by atoms with Crippen molar-refractivity contribution in [3.8, 4) is 0 Å². The van der Waals surface area contributed by atoms with Crippen LogP contribution in [0.1, 0.15) is 27.9 Å². The molecule has 0 fully saturated rings. The van der Waals surface area contributed by atoms with Gasteiger partial charge in [0, 0.05) is 0 Å². The molecule has 0 saturated carbocycles. The Labute approximate surface area is 129 Å². The molecule has 22 heavy (non-hydrogen) atoms. The van der Waals surface area contributed by atoms with Gasteiger partial charge < -0.3 is 5.11 Å². The zero-order chi connectivity index (χ0) is 15.7. The number of hydrogen-bond donors (Lipinski definition) is 1. The van der Waals surface area contributed by atoms with Gasteiger partial charge in [0.15, 0.2) is 9.84 Å². The van der Waals surface area contributed by atoms with Crippen molar-refractivity contribution >= 4 is 15.8 Å². The average molecular weight is 316 g/mol. The van der Waals surface area contributed by atoms with Crippen molar-refractivity contribution in [1.82, 2.24) is 0 Å². The third-order valence-electron chi connectivity index (χ3n) is 4.15. The summed E-state index contributed by atoms with van der Waals surface area (Å²) in [6.07, 6.45) is 1.78. The van der Waals surface area contributed by atoms with E-state index in [4.69, 9.17) is 5.11 Å². The molecule has 0 heterocycles. The van der Waals surface area contributed by atoms with Crippen molar-refractivity contribution in [2.24, 2.45) is 0 Å². The Morgan fingerprint density at radius 3 is 2.50 bits per heavy atom. The molecule has 3 rings (SSSR count). The summed E-state index contributed by atoms with van der Waals surface area (Å²) in [4.78, 5) is 11.1. The smallest absolute Gasteiger partial charge is 0.335 e. The van der Waals surface area contributed by atoms with E-state index in [0.29, 0.717) is 12.8 Å². The summed E-state index contributed by atoms with van der Waals surface area (Å²) < 4.78 is 25.6. The van der Waals surface area contributed by atoms with Gasteiger partial charge in [0.2, 0.25) is 0 Å². The monoisotopic (exact) mass is 316 g/mol. The van der Waals surface area contributed by atoms with E-state index in [-0.39, 0.29) is 10.5 Å². The van der Waals surface area contributed by atoms with Crippen molar-refractivity contribution in [3.05, 3.63) is 65.2 Å². The molecule has 0 bridgehead atoms. The normalized spacial score (nSPS) is 17.7. The predicted octanol–water partition coefficient (Wildman–Crippen LogP) is 2.72. The molecule has 1 aliphatic carbocycles. The lowest BCUT2D eigenvalue weighted by Crippen LogP contribution is -2.28. The summed E-state index contributed by atoms with van der Waals surface area (Å²) in [6, 6.07) is 13.5. The fourth-order valence-electron chi connectivity index (χ4n) is 2.93. The molecule has 114 valence electrons. The van der Waals surface area contributed by atoms with Crippen LogP contribution in [0.5, 0.6) is 0 Å². The van der Waals surface area contributed by atoms with Crippen LogP contribution in [0, 0.1) is 0 Å². The molecule has 0 saturated heterocycles. The van der Waals surface area contributed by atoms with Gasteiger partial charge in [0.1, 0.15) is 0 Å². The minimum absolute atomic E-state index is 0.00251. The van der Waals surface area contributed by atoms with Crippen LogP contribution in [-0.4, -0.2) is 24.7 Å². The van der Waals surface area contributed by atoms with Crippen molar-refractivity contribution < 1.29 is 18.3 Å². The maximum Gasteiger partial charge on any atom is 0.335 e. The fraction of sp³-hybridized carbons (Fsp3) is 0.235. The first-order chi connectivity index (χ1) is 10.5. The number of carboxylic acids is 1. The maximum absolute atomic E-state index is 12.8. The maximum atomic E-state index is 12.8. The average Bonchev–Trinajstić information content (AvgIpc) is 2.54. The Bertz CT molecular complexity index is 824. The first-order valence-corrected chi connectivity index (χ1v) is 8.67. The van der Waals surface area contributed by atoms with Gasteiger partial charge >= 0.3 is 5.97 Å². The molecule has 0 aliphatic heterocycles. The predicted molar refractivity (Wildman–Crippen MR) is 82.8 cm³/mol. The van der Waals surface area contributed by atoms with Crippen LogP contribution >= 0.6 is 0 Å². The minimum Gasteiger partial charge on any atom is -0.478 e. The van der Waals surface area contributed by atoms with Crippen molar-refractivity contribution in [2.45, 2.75) is 29.4 Å². The quantitative estimate of drug-likeness (QED) is 0.945. The molecule has 5 heteroatoms. The lowest BCUT2D eigenvalue weighted by atomic mass is 9.92. The van der Waals surface area contributed by atoms with Gasteiger partial charge in [0.05, 0.1) is 15.7 Å². The van der Waals surface area contributed by atoms with Gasteiger partial charge in [-0.05, 0) is 48.6 Å². The summed E-state index contributed by atoms with van der Waals surface area (Å²) in [6.45, 7) is 0. The van der Waals surface area contributed by atoms with Gasteiger partial charge in [-0.1, -0.05) is 30.3 Å². The number of aromatic carboxylic acids is 1. The molecular weight excluding hydrogens is 300 g/mol. The van der Waals surface area contributed by atoms with Gasteiger partial charge in [-0.2, -0.15) is 0 Å². The van der Waals surface area contributed by atoms with Crippen molar-refractivity contribution in [2.75, 3.05) is 0 Å². The Balaban J connectivity index is 1.94. The van der Waals surface area contributed by atoms with Crippen molar-refractivity contribution in [1.29, 1.82) is 0 Å². The molecule has 0 amide bonds. The van der Waals surface area contributed by atoms with Gasteiger partial charge in [-0.25, -0.2) is 13.2 Å². The molecule has 1 N–H and O–H groups in total. The number of carbonyl (C=O) groups is 1. The molecule has 1 aliphatic rings. The molecule has 1 atom stereocenters. The molecule has 0 radical (unpaired) electrons. The number of fused-ring (bicyclic) bond motifs is 1. The SMILES string of the molecule is O=C(O)c1cccc(S(=O)(=O)C2CCc3ccccc3C2)c1. The largest absolute Gasteiger partial charge is 0.478 e. The Kier molecular flexibility index (Phi) is 3.74. The molecule has 2 aromatic carbocycles. The zero-order valence-electron chi connectivity index (χ0n) is 11.9. The second-order valence-corrected chi connectivity index (χ2v) is 7.74. The Hall–Kier alpha value is -2.14. The third kappa shape index (κ3) is 2.64. The molecule has 1 unspecified atom stereocenters. The highest BCUT2D eigenvalue weighted by atomic mass is 32.2. The number of aryl methyl sites for hydroxylation is 1. The topological polar surface area (TPSA) is 71.4 Å². The van der Waals surface area contributed by atoms with E-state index in [1.807, 2.05) is 24.3 Å². The van der Waals surface area contributed by atoms with Crippen LogP contribution in [0.4, 0.5) is 0 Å². The summed E-state index contributed by atoms with van der Waals surface area (Å²) in [5.74, 6) is -1.12. The van der Waals surface area contributed by atoms with E-state index in [2.05, 4.69) is 0 Å². The second kappa shape index (κ2) is 5.57. The highest BCUT2D eigenvalue weighted by molar-refractivity contribution is 7.92. The molecule has 0 aromatic heterocycles. The number of carboxylic acid groups (broad SMARTS) is 1. The van der Waals surface area contributed by atoms with Crippen LogP contribution in [-0.2, 0) is 22.7 Å². The zero-order valence-corrected chi connectivity index (χ0v) is 12.7. The second-order valence-electron chi connectivity index (χ2n) is 5.51. The van der Waals surface area contributed by atoms with Crippen LogP contribution in [0.3, 0.4) is 0 Å². The summed E-state index contributed by atoms with van der Waals surface area (Å²) in [5.41, 5.74) is 2.27. The van der Waals surface area contributed by atoms with E-state index in [0.717, 1.165) is 12.0 Å². The van der Waals surface area contributed by atoms with Crippen LogP contribution in [0.15, 0.2) is 53.4 Å². The summed E-state index contributed by atoms with van der Waals surface area (Å²) in [5, 5.41) is 8.53. The Morgan fingerprint density at radius 1 is 1.05 bits per heavy atom. The van der Waals surface area contributed by atoms with E-state index in [9.17, 15) is 13.2 Å². The molecular formula is C17H16O4S. The van der Waals surface area contributed by atoms with E-state index in [1.54, 1.807) is 0 Å². The van der Waals surface area contributed by atoms with Gasteiger partial charge in [0.25, 0.3) is 0 Å². The van der Waals surface area contributed by atoms with Crippen LogP contribution in [0.25, 0.3) is 0 Å². The molecule has 4 nitrogen and oxygen atoms in total. The first kappa shape index (κ1) is 14.8. The van der Waals surface area contributed by atoms with Gasteiger partial charge in [-0.15, -0.1) is 0 Å². The highest BCUT2D eigenvalue weighted by Crippen LogP contribution is 2.29. The van der Waals surface area contributed by atoms with E-state index in [1.165, 1.54) is 29.8 Å². The standard InChI is InChI=1S/C17H16O4S/c18-17(19)14-6-3-7-15(11-14)22(20,21)16-9-8-12-4-1-2-5-13(12)10-16/h1-7,11,16H,8-10H2,(H,18,19). The van der Waals surface area contributed by atoms with E-state index < -0.39 is 21.1 Å². The molecule has 2 aromatic rings.